The standard InChI is InChI=1S/C25H32ClFN2O2S/c1-4-6-14-28-25(31)23(5-2)29(15-19-12-10-18(3)11-13-19)24(30)17-32-16-20-21(26)8-7-9-22(20)27/h7-13,23H,4-6,14-17H2,1-3H3,(H,28,31)/t23-/m1/s1. The molecule has 0 aliphatic heterocycles. The van der Waals surface area contributed by atoms with Gasteiger partial charge in [0.05, 0.1) is 5.75 Å². The van der Waals surface area contributed by atoms with Crippen molar-refractivity contribution in [3.63, 3.8) is 0 Å². The maximum Gasteiger partial charge on any atom is 0.242 e. The molecule has 0 aliphatic carbocycles. The summed E-state index contributed by atoms with van der Waals surface area (Å²) in [6.07, 6.45) is 2.39. The van der Waals surface area contributed by atoms with E-state index in [4.69, 9.17) is 11.6 Å². The van der Waals surface area contributed by atoms with Crippen LogP contribution in [0.5, 0.6) is 0 Å². The predicted molar refractivity (Wildman–Crippen MR) is 131 cm³/mol. The Morgan fingerprint density at radius 3 is 2.50 bits per heavy atom. The van der Waals surface area contributed by atoms with E-state index >= 15 is 0 Å². The molecule has 2 aromatic carbocycles. The average molecular weight is 479 g/mol. The van der Waals surface area contributed by atoms with E-state index in [1.165, 1.54) is 17.8 Å². The molecule has 174 valence electrons. The fraction of sp³-hybridized carbons (Fsp3) is 0.440. The lowest BCUT2D eigenvalue weighted by atomic mass is 10.1. The maximum atomic E-state index is 14.0. The van der Waals surface area contributed by atoms with Crippen LogP contribution in [0.15, 0.2) is 42.5 Å². The Labute approximate surface area is 199 Å². The average Bonchev–Trinajstić information content (AvgIpc) is 2.77. The minimum absolute atomic E-state index is 0.134. The second-order valence-electron chi connectivity index (χ2n) is 7.77. The van der Waals surface area contributed by atoms with Gasteiger partial charge >= 0.3 is 0 Å². The second kappa shape index (κ2) is 13.5. The van der Waals surface area contributed by atoms with Crippen LogP contribution in [0.1, 0.15) is 49.8 Å². The normalized spacial score (nSPS) is 11.8. The van der Waals surface area contributed by atoms with Crippen molar-refractivity contribution in [2.45, 2.75) is 58.4 Å². The van der Waals surface area contributed by atoms with Gasteiger partial charge in [0, 0.05) is 29.4 Å². The molecule has 1 N–H and O–H groups in total. The molecule has 4 nitrogen and oxygen atoms in total. The number of halogens is 2. The number of nitrogens with one attached hydrogen (secondary N) is 1. The highest BCUT2D eigenvalue weighted by atomic mass is 35.5. The summed E-state index contributed by atoms with van der Waals surface area (Å²) in [6, 6.07) is 11.9. The first-order valence-corrected chi connectivity index (χ1v) is 12.5. The highest BCUT2D eigenvalue weighted by molar-refractivity contribution is 7.99. The van der Waals surface area contributed by atoms with E-state index in [1.807, 2.05) is 38.1 Å². The summed E-state index contributed by atoms with van der Waals surface area (Å²) >= 11 is 7.40. The second-order valence-corrected chi connectivity index (χ2v) is 9.16. The Hall–Kier alpha value is -2.05. The summed E-state index contributed by atoms with van der Waals surface area (Å²) in [6.45, 7) is 6.92. The Balaban J connectivity index is 2.13. The molecule has 0 bridgehead atoms. The van der Waals surface area contributed by atoms with E-state index in [-0.39, 0.29) is 29.1 Å². The van der Waals surface area contributed by atoms with Crippen LogP contribution in [0.4, 0.5) is 4.39 Å². The van der Waals surface area contributed by atoms with E-state index < -0.39 is 6.04 Å². The molecular weight excluding hydrogens is 447 g/mol. The predicted octanol–water partition coefficient (Wildman–Crippen LogP) is 5.74. The quantitative estimate of drug-likeness (QED) is 0.395. The molecular formula is C25H32ClFN2O2S. The van der Waals surface area contributed by atoms with Crippen LogP contribution in [0.25, 0.3) is 0 Å². The zero-order valence-electron chi connectivity index (χ0n) is 19.0. The van der Waals surface area contributed by atoms with Crippen LogP contribution in [0, 0.1) is 12.7 Å². The lowest BCUT2D eigenvalue weighted by Gasteiger charge is -2.30. The molecule has 0 spiro atoms. The van der Waals surface area contributed by atoms with Gasteiger partial charge in [0.15, 0.2) is 0 Å². The zero-order valence-corrected chi connectivity index (χ0v) is 20.6. The number of carbonyl (C=O) groups is 2. The summed E-state index contributed by atoms with van der Waals surface area (Å²) in [7, 11) is 0. The number of carbonyl (C=O) groups excluding carboxylic acids is 2. The van der Waals surface area contributed by atoms with Gasteiger partial charge < -0.3 is 10.2 Å². The molecule has 0 saturated heterocycles. The van der Waals surface area contributed by atoms with Crippen molar-refractivity contribution >= 4 is 35.2 Å². The Morgan fingerprint density at radius 2 is 1.88 bits per heavy atom. The summed E-state index contributed by atoms with van der Waals surface area (Å²) in [4.78, 5) is 27.7. The van der Waals surface area contributed by atoms with Gasteiger partial charge in [0.25, 0.3) is 0 Å². The molecule has 0 heterocycles. The number of nitrogens with zero attached hydrogens (tertiary/aromatic N) is 1. The molecule has 0 unspecified atom stereocenters. The molecule has 1 atom stereocenters. The maximum absolute atomic E-state index is 14.0. The van der Waals surface area contributed by atoms with Gasteiger partial charge in [-0.1, -0.05) is 67.8 Å². The molecule has 0 radical (unpaired) electrons. The number of hydrogen-bond donors (Lipinski definition) is 1. The summed E-state index contributed by atoms with van der Waals surface area (Å²) in [5.41, 5.74) is 2.49. The van der Waals surface area contributed by atoms with Crippen molar-refractivity contribution in [2.75, 3.05) is 12.3 Å². The number of unbranched alkanes of at least 4 members (excludes halogenated alkanes) is 1. The van der Waals surface area contributed by atoms with Gasteiger partial charge in [0.1, 0.15) is 11.9 Å². The lowest BCUT2D eigenvalue weighted by molar-refractivity contribution is -0.139. The molecule has 7 heteroatoms. The Bertz CT molecular complexity index is 872. The molecule has 2 amide bonds. The number of thioether (sulfide) groups is 1. The first-order valence-electron chi connectivity index (χ1n) is 11.0. The Morgan fingerprint density at radius 1 is 1.16 bits per heavy atom. The largest absolute Gasteiger partial charge is 0.354 e. The topological polar surface area (TPSA) is 49.4 Å². The van der Waals surface area contributed by atoms with Gasteiger partial charge in [-0.15, -0.1) is 11.8 Å². The number of benzene rings is 2. The van der Waals surface area contributed by atoms with Gasteiger partial charge in [-0.25, -0.2) is 4.39 Å². The van der Waals surface area contributed by atoms with Gasteiger partial charge in [-0.2, -0.15) is 0 Å². The first-order chi connectivity index (χ1) is 15.4. The molecule has 2 rings (SSSR count). The van der Waals surface area contributed by atoms with Crippen LogP contribution in [0.2, 0.25) is 5.02 Å². The first kappa shape index (κ1) is 26.2. The van der Waals surface area contributed by atoms with Crippen LogP contribution in [-0.2, 0) is 21.9 Å². The number of hydrogen-bond acceptors (Lipinski definition) is 3. The minimum atomic E-state index is -0.557. The number of aryl methyl sites for hydroxylation is 1. The summed E-state index contributed by atoms with van der Waals surface area (Å²) in [5, 5.41) is 3.31. The molecule has 0 aliphatic rings. The van der Waals surface area contributed by atoms with Gasteiger partial charge in [-0.3, -0.25) is 9.59 Å². The molecule has 0 aromatic heterocycles. The summed E-state index contributed by atoms with van der Waals surface area (Å²) in [5.74, 6) is -0.246. The van der Waals surface area contributed by atoms with Crippen molar-refractivity contribution in [2.24, 2.45) is 0 Å². The van der Waals surface area contributed by atoms with Crippen molar-refractivity contribution in [1.29, 1.82) is 0 Å². The van der Waals surface area contributed by atoms with E-state index in [9.17, 15) is 14.0 Å². The third-order valence-electron chi connectivity index (χ3n) is 5.22. The highest BCUT2D eigenvalue weighted by Crippen LogP contribution is 2.24. The van der Waals surface area contributed by atoms with Crippen molar-refractivity contribution in [3.05, 3.63) is 70.0 Å². The van der Waals surface area contributed by atoms with Crippen LogP contribution < -0.4 is 5.32 Å². The van der Waals surface area contributed by atoms with Crippen LogP contribution in [-0.4, -0.2) is 35.1 Å². The molecule has 0 saturated carbocycles. The van der Waals surface area contributed by atoms with E-state index in [1.54, 1.807) is 17.0 Å². The Kier molecular flexibility index (Phi) is 11.0. The van der Waals surface area contributed by atoms with Crippen LogP contribution in [0.3, 0.4) is 0 Å². The van der Waals surface area contributed by atoms with E-state index in [0.29, 0.717) is 30.1 Å². The molecule has 32 heavy (non-hydrogen) atoms. The number of rotatable bonds is 12. The third kappa shape index (κ3) is 7.82. The smallest absolute Gasteiger partial charge is 0.242 e. The lowest BCUT2D eigenvalue weighted by Crippen LogP contribution is -2.49. The monoisotopic (exact) mass is 478 g/mol. The minimum Gasteiger partial charge on any atom is -0.354 e. The van der Waals surface area contributed by atoms with Crippen molar-refractivity contribution < 1.29 is 14.0 Å². The highest BCUT2D eigenvalue weighted by Gasteiger charge is 2.28. The molecule has 2 aromatic rings. The van der Waals surface area contributed by atoms with Crippen LogP contribution >= 0.6 is 23.4 Å². The third-order valence-corrected chi connectivity index (χ3v) is 6.52. The van der Waals surface area contributed by atoms with Crippen molar-refractivity contribution in [1.82, 2.24) is 10.2 Å². The summed E-state index contributed by atoms with van der Waals surface area (Å²) < 4.78 is 14.0. The van der Waals surface area contributed by atoms with Gasteiger partial charge in [-0.05, 0) is 37.5 Å². The molecule has 0 fully saturated rings. The fourth-order valence-corrected chi connectivity index (χ4v) is 4.56. The van der Waals surface area contributed by atoms with Gasteiger partial charge in [0.2, 0.25) is 11.8 Å². The van der Waals surface area contributed by atoms with E-state index in [2.05, 4.69) is 12.2 Å². The van der Waals surface area contributed by atoms with Crippen molar-refractivity contribution in [3.8, 4) is 0 Å². The SMILES string of the molecule is CCCCNC(=O)[C@@H](CC)N(Cc1ccc(C)cc1)C(=O)CSCc1c(F)cccc1Cl. The zero-order chi connectivity index (χ0) is 23.5. The number of amides is 2. The van der Waals surface area contributed by atoms with E-state index in [0.717, 1.165) is 24.0 Å². The fourth-order valence-electron chi connectivity index (χ4n) is 3.31.